The predicted octanol–water partition coefficient (Wildman–Crippen LogP) is 2.60. The summed E-state index contributed by atoms with van der Waals surface area (Å²) in [6.45, 7) is 4.77. The minimum absolute atomic E-state index is 0.171. The van der Waals surface area contributed by atoms with E-state index in [1.165, 1.54) is 18.2 Å². The predicted molar refractivity (Wildman–Crippen MR) is 105 cm³/mol. The molecule has 2 N–H and O–H groups in total. The molecule has 0 aliphatic rings. The number of pyridine rings is 1. The summed E-state index contributed by atoms with van der Waals surface area (Å²) < 4.78 is 10.3. The number of ether oxygens (including phenoxy) is 2. The Morgan fingerprint density at radius 2 is 2.04 bits per heavy atom. The van der Waals surface area contributed by atoms with E-state index in [-0.39, 0.29) is 17.8 Å². The van der Waals surface area contributed by atoms with Crippen LogP contribution in [0.4, 0.5) is 11.4 Å². The van der Waals surface area contributed by atoms with E-state index in [2.05, 4.69) is 15.6 Å². The second-order valence-corrected chi connectivity index (χ2v) is 6.14. The Bertz CT molecular complexity index is 870. The van der Waals surface area contributed by atoms with Crippen LogP contribution in [0.15, 0.2) is 24.4 Å². The Balaban J connectivity index is 2.14. The van der Waals surface area contributed by atoms with Gasteiger partial charge >= 0.3 is 0 Å². The second kappa shape index (κ2) is 9.65. The highest BCUT2D eigenvalue weighted by atomic mass is 16.6. The molecule has 9 nitrogen and oxygen atoms in total. The van der Waals surface area contributed by atoms with Gasteiger partial charge in [0.25, 0.3) is 11.6 Å². The molecule has 1 aromatic heterocycles. The van der Waals surface area contributed by atoms with E-state index in [4.69, 9.17) is 9.47 Å². The van der Waals surface area contributed by atoms with E-state index in [1.54, 1.807) is 20.4 Å². The maximum atomic E-state index is 12.5. The molecule has 2 aromatic rings. The number of nitrogens with zero attached hydrogens (tertiary/aromatic N) is 2. The molecule has 0 bridgehead atoms. The molecule has 1 aromatic carbocycles. The Hall–Kier alpha value is -3.20. The van der Waals surface area contributed by atoms with Crippen LogP contribution >= 0.6 is 0 Å². The number of aryl methyl sites for hydroxylation is 1. The van der Waals surface area contributed by atoms with E-state index in [0.717, 1.165) is 16.9 Å². The van der Waals surface area contributed by atoms with Gasteiger partial charge in [-0.2, -0.15) is 0 Å². The molecular formula is C19H24N4O5. The van der Waals surface area contributed by atoms with E-state index < -0.39 is 10.8 Å². The quantitative estimate of drug-likeness (QED) is 0.385. The molecule has 150 valence electrons. The number of hydrogen-bond acceptors (Lipinski definition) is 7. The minimum Gasteiger partial charge on any atom is -0.496 e. The van der Waals surface area contributed by atoms with Crippen LogP contribution in [0, 0.1) is 24.0 Å². The van der Waals surface area contributed by atoms with Crippen LogP contribution in [0.25, 0.3) is 0 Å². The normalized spacial score (nSPS) is 10.4. The third-order valence-corrected chi connectivity index (χ3v) is 4.24. The highest BCUT2D eigenvalue weighted by molar-refractivity contribution is 5.95. The van der Waals surface area contributed by atoms with Crippen molar-refractivity contribution in [3.05, 3.63) is 56.9 Å². The van der Waals surface area contributed by atoms with Crippen LogP contribution < -0.4 is 15.4 Å². The number of carbonyl (C=O) groups is 1. The van der Waals surface area contributed by atoms with Crippen LogP contribution in [-0.4, -0.2) is 43.2 Å². The van der Waals surface area contributed by atoms with Crippen molar-refractivity contribution in [3.63, 3.8) is 0 Å². The topological polar surface area (TPSA) is 116 Å². The van der Waals surface area contributed by atoms with Gasteiger partial charge in [-0.3, -0.25) is 19.9 Å². The fourth-order valence-corrected chi connectivity index (χ4v) is 2.78. The van der Waals surface area contributed by atoms with Crippen LogP contribution in [0.5, 0.6) is 5.75 Å². The average Bonchev–Trinajstić information content (AvgIpc) is 2.67. The van der Waals surface area contributed by atoms with Crippen molar-refractivity contribution >= 4 is 17.3 Å². The third-order valence-electron chi connectivity index (χ3n) is 4.24. The van der Waals surface area contributed by atoms with Crippen molar-refractivity contribution in [2.45, 2.75) is 20.4 Å². The van der Waals surface area contributed by atoms with Gasteiger partial charge in [0.15, 0.2) is 0 Å². The number of nitro groups is 1. The molecule has 28 heavy (non-hydrogen) atoms. The molecule has 0 aliphatic carbocycles. The van der Waals surface area contributed by atoms with Crippen LogP contribution in [0.2, 0.25) is 0 Å². The lowest BCUT2D eigenvalue weighted by Gasteiger charge is -2.13. The lowest BCUT2D eigenvalue weighted by molar-refractivity contribution is -0.384. The number of nitrogens with one attached hydrogen (secondary N) is 2. The van der Waals surface area contributed by atoms with Gasteiger partial charge in [-0.25, -0.2) is 0 Å². The first kappa shape index (κ1) is 21.1. The number of carbonyl (C=O) groups excluding carboxylic acids is 1. The number of hydrogen-bond donors (Lipinski definition) is 2. The summed E-state index contributed by atoms with van der Waals surface area (Å²) in [5.41, 5.74) is 2.77. The van der Waals surface area contributed by atoms with Gasteiger partial charge < -0.3 is 20.1 Å². The fraction of sp³-hybridized carbons (Fsp3) is 0.368. The smallest absolute Gasteiger partial charge is 0.293 e. The van der Waals surface area contributed by atoms with Crippen molar-refractivity contribution in [2.24, 2.45) is 0 Å². The molecule has 0 saturated heterocycles. The summed E-state index contributed by atoms with van der Waals surface area (Å²) in [5, 5.41) is 17.0. The van der Waals surface area contributed by atoms with Crippen LogP contribution in [0.1, 0.15) is 27.2 Å². The van der Waals surface area contributed by atoms with E-state index in [9.17, 15) is 14.9 Å². The molecule has 0 spiro atoms. The summed E-state index contributed by atoms with van der Waals surface area (Å²) in [5.74, 6) is 0.300. The first-order valence-corrected chi connectivity index (χ1v) is 8.67. The lowest BCUT2D eigenvalue weighted by Crippen LogP contribution is -2.24. The molecule has 0 fully saturated rings. The van der Waals surface area contributed by atoms with Crippen molar-refractivity contribution in [1.82, 2.24) is 10.3 Å². The highest BCUT2D eigenvalue weighted by Gasteiger charge is 2.18. The van der Waals surface area contributed by atoms with E-state index in [1.807, 2.05) is 13.8 Å². The monoisotopic (exact) mass is 388 g/mol. The van der Waals surface area contributed by atoms with E-state index in [0.29, 0.717) is 24.5 Å². The minimum atomic E-state index is -0.525. The van der Waals surface area contributed by atoms with Crippen molar-refractivity contribution in [1.29, 1.82) is 0 Å². The number of amides is 1. The summed E-state index contributed by atoms with van der Waals surface area (Å²) in [7, 11) is 3.13. The number of nitro benzene ring substituents is 1. The molecular weight excluding hydrogens is 364 g/mol. The van der Waals surface area contributed by atoms with E-state index >= 15 is 0 Å². The van der Waals surface area contributed by atoms with Crippen molar-refractivity contribution < 1.29 is 19.2 Å². The molecule has 0 saturated carbocycles. The molecule has 0 aliphatic heterocycles. The number of methoxy groups -OCH3 is 2. The van der Waals surface area contributed by atoms with Crippen LogP contribution in [-0.2, 0) is 11.3 Å². The zero-order valence-electron chi connectivity index (χ0n) is 16.4. The summed E-state index contributed by atoms with van der Waals surface area (Å²) in [4.78, 5) is 27.6. The zero-order valence-corrected chi connectivity index (χ0v) is 16.4. The summed E-state index contributed by atoms with van der Waals surface area (Å²) in [6.07, 6.45) is 1.68. The van der Waals surface area contributed by atoms with Crippen molar-refractivity contribution in [3.8, 4) is 5.75 Å². The average molecular weight is 388 g/mol. The molecule has 2 rings (SSSR count). The fourth-order valence-electron chi connectivity index (χ4n) is 2.78. The van der Waals surface area contributed by atoms with Crippen LogP contribution in [0.3, 0.4) is 0 Å². The molecule has 1 amide bonds. The van der Waals surface area contributed by atoms with Gasteiger partial charge in [-0.1, -0.05) is 0 Å². The van der Waals surface area contributed by atoms with Gasteiger partial charge in [0, 0.05) is 42.6 Å². The number of aromatic nitrogens is 1. The molecule has 9 heteroatoms. The summed E-state index contributed by atoms with van der Waals surface area (Å²) in [6, 6.07) is 4.30. The Morgan fingerprint density at radius 3 is 2.68 bits per heavy atom. The van der Waals surface area contributed by atoms with Gasteiger partial charge in [-0.15, -0.1) is 0 Å². The Labute approximate surface area is 163 Å². The van der Waals surface area contributed by atoms with Gasteiger partial charge in [0.05, 0.1) is 30.9 Å². The first-order chi connectivity index (χ1) is 13.4. The molecule has 0 unspecified atom stereocenters. The number of benzene rings is 1. The summed E-state index contributed by atoms with van der Waals surface area (Å²) >= 11 is 0. The maximum absolute atomic E-state index is 12.5. The Kier molecular flexibility index (Phi) is 7.28. The third kappa shape index (κ3) is 4.95. The number of rotatable bonds is 9. The van der Waals surface area contributed by atoms with Gasteiger partial charge in [0.1, 0.15) is 11.4 Å². The van der Waals surface area contributed by atoms with Crippen molar-refractivity contribution in [2.75, 3.05) is 32.7 Å². The second-order valence-electron chi connectivity index (χ2n) is 6.14. The van der Waals surface area contributed by atoms with Gasteiger partial charge in [-0.05, 0) is 26.0 Å². The van der Waals surface area contributed by atoms with Gasteiger partial charge in [0.2, 0.25) is 0 Å². The molecule has 1 heterocycles. The first-order valence-electron chi connectivity index (χ1n) is 8.67. The molecule has 0 atom stereocenters. The largest absolute Gasteiger partial charge is 0.496 e. The molecule has 0 radical (unpaired) electrons. The Morgan fingerprint density at radius 1 is 1.29 bits per heavy atom. The number of anilines is 1. The lowest BCUT2D eigenvalue weighted by atomic mass is 10.1. The highest BCUT2D eigenvalue weighted by Crippen LogP contribution is 2.26. The zero-order chi connectivity index (χ0) is 20.7. The maximum Gasteiger partial charge on any atom is 0.293 e. The standard InChI is InChI=1S/C19H24N4O5/c1-12-10-21-16(13(2)18(12)28-4)11-22-19(24)14-5-6-15(20-7-8-27-3)17(9-14)23(25)26/h5-6,9-10,20H,7-8,11H2,1-4H3,(H,22,24). The SMILES string of the molecule is COCCNc1ccc(C(=O)NCc2ncc(C)c(OC)c2C)cc1[N+](=O)[O-].